The summed E-state index contributed by atoms with van der Waals surface area (Å²) in [5.41, 5.74) is 3.28. The summed E-state index contributed by atoms with van der Waals surface area (Å²) in [7, 11) is 3.29. The lowest BCUT2D eigenvalue weighted by atomic mass is 10.0. The van der Waals surface area contributed by atoms with Crippen LogP contribution in [0.2, 0.25) is 0 Å². The van der Waals surface area contributed by atoms with Crippen molar-refractivity contribution in [3.8, 4) is 22.8 Å². The highest BCUT2D eigenvalue weighted by atomic mass is 16.5. The van der Waals surface area contributed by atoms with Crippen molar-refractivity contribution >= 4 is 10.8 Å². The molecule has 0 unspecified atom stereocenters. The van der Waals surface area contributed by atoms with E-state index >= 15 is 0 Å². The number of fused-ring (bicyclic) bond motifs is 1. The monoisotopic (exact) mass is 279 g/mol. The molecule has 0 aliphatic rings. The second-order valence-corrected chi connectivity index (χ2v) is 4.95. The van der Waals surface area contributed by atoms with Crippen LogP contribution >= 0.6 is 0 Å². The van der Waals surface area contributed by atoms with Crippen molar-refractivity contribution in [2.75, 3.05) is 14.2 Å². The van der Waals surface area contributed by atoms with Gasteiger partial charge in [0.1, 0.15) is 0 Å². The van der Waals surface area contributed by atoms with Crippen molar-refractivity contribution in [2.45, 2.75) is 6.92 Å². The van der Waals surface area contributed by atoms with Crippen LogP contribution in [0.3, 0.4) is 0 Å². The maximum atomic E-state index is 5.40. The lowest BCUT2D eigenvalue weighted by Crippen LogP contribution is -1.92. The maximum Gasteiger partial charge on any atom is 0.161 e. The first kappa shape index (κ1) is 13.4. The van der Waals surface area contributed by atoms with Gasteiger partial charge < -0.3 is 9.47 Å². The molecule has 21 heavy (non-hydrogen) atoms. The minimum Gasteiger partial charge on any atom is -0.493 e. The average molecular weight is 279 g/mol. The fourth-order valence-corrected chi connectivity index (χ4v) is 2.44. The van der Waals surface area contributed by atoms with Crippen molar-refractivity contribution in [2.24, 2.45) is 0 Å². The molecule has 0 amide bonds. The fourth-order valence-electron chi connectivity index (χ4n) is 2.44. The molecule has 0 fully saturated rings. The van der Waals surface area contributed by atoms with Gasteiger partial charge in [-0.1, -0.05) is 29.8 Å². The van der Waals surface area contributed by atoms with E-state index in [1.54, 1.807) is 14.2 Å². The minimum absolute atomic E-state index is 0.714. The number of rotatable bonds is 3. The third kappa shape index (κ3) is 2.42. The van der Waals surface area contributed by atoms with E-state index in [1.807, 2.05) is 24.4 Å². The first-order chi connectivity index (χ1) is 10.2. The summed E-state index contributed by atoms with van der Waals surface area (Å²) in [5.74, 6) is 1.44. The van der Waals surface area contributed by atoms with E-state index in [0.29, 0.717) is 5.75 Å². The molecule has 3 rings (SSSR count). The van der Waals surface area contributed by atoms with Crippen LogP contribution in [0.4, 0.5) is 0 Å². The van der Waals surface area contributed by atoms with Crippen LogP contribution in [0.25, 0.3) is 22.0 Å². The third-order valence-corrected chi connectivity index (χ3v) is 3.59. The molecule has 0 bridgehead atoms. The van der Waals surface area contributed by atoms with Gasteiger partial charge >= 0.3 is 0 Å². The van der Waals surface area contributed by atoms with Gasteiger partial charge in [0, 0.05) is 17.1 Å². The van der Waals surface area contributed by atoms with Crippen molar-refractivity contribution < 1.29 is 9.47 Å². The van der Waals surface area contributed by atoms with E-state index in [4.69, 9.17) is 9.47 Å². The molecule has 1 aromatic heterocycles. The van der Waals surface area contributed by atoms with E-state index < -0.39 is 0 Å². The number of methoxy groups -OCH3 is 2. The maximum absolute atomic E-state index is 5.40. The predicted octanol–water partition coefficient (Wildman–Crippen LogP) is 4.23. The van der Waals surface area contributed by atoms with E-state index in [9.17, 15) is 0 Å². The van der Waals surface area contributed by atoms with Crippen LogP contribution in [0, 0.1) is 6.92 Å². The molecule has 0 saturated heterocycles. The highest BCUT2D eigenvalue weighted by molar-refractivity contribution is 5.96. The second-order valence-electron chi connectivity index (χ2n) is 4.95. The Bertz CT molecular complexity index is 779. The second kappa shape index (κ2) is 5.44. The number of pyridine rings is 1. The van der Waals surface area contributed by atoms with Crippen molar-refractivity contribution in [1.29, 1.82) is 0 Å². The van der Waals surface area contributed by atoms with Crippen molar-refractivity contribution in [3.63, 3.8) is 0 Å². The molecular formula is C18H17NO2. The Kier molecular flexibility index (Phi) is 3.48. The Labute approximate surface area is 124 Å². The summed E-state index contributed by atoms with van der Waals surface area (Å²) < 4.78 is 10.8. The molecule has 3 aromatic rings. The van der Waals surface area contributed by atoms with Gasteiger partial charge in [0.15, 0.2) is 11.5 Å². The zero-order valence-electron chi connectivity index (χ0n) is 12.4. The number of nitrogens with zero attached hydrogens (tertiary/aromatic N) is 1. The molecule has 0 radical (unpaired) electrons. The lowest BCUT2D eigenvalue weighted by Gasteiger charge is -2.11. The summed E-state index contributed by atoms with van der Waals surface area (Å²) in [5, 5.41) is 2.14. The van der Waals surface area contributed by atoms with Crippen LogP contribution in [0.5, 0.6) is 11.5 Å². The Balaban J connectivity index is 2.26. The normalized spacial score (nSPS) is 10.6. The Morgan fingerprint density at radius 1 is 0.857 bits per heavy atom. The number of aromatic nitrogens is 1. The van der Waals surface area contributed by atoms with Gasteiger partial charge in [0.05, 0.1) is 19.9 Å². The van der Waals surface area contributed by atoms with E-state index in [0.717, 1.165) is 27.8 Å². The number of benzene rings is 2. The largest absolute Gasteiger partial charge is 0.493 e. The summed E-state index contributed by atoms with van der Waals surface area (Å²) >= 11 is 0. The van der Waals surface area contributed by atoms with Gasteiger partial charge in [-0.15, -0.1) is 0 Å². The van der Waals surface area contributed by atoms with Crippen LogP contribution in [0.1, 0.15) is 5.56 Å². The zero-order valence-corrected chi connectivity index (χ0v) is 12.4. The number of hydrogen-bond donors (Lipinski definition) is 0. The van der Waals surface area contributed by atoms with Crippen LogP contribution in [-0.2, 0) is 0 Å². The molecule has 106 valence electrons. The minimum atomic E-state index is 0.714. The quantitative estimate of drug-likeness (QED) is 0.719. The summed E-state index contributed by atoms with van der Waals surface area (Å²) in [6.07, 6.45) is 1.82. The Morgan fingerprint density at radius 2 is 1.52 bits per heavy atom. The molecular weight excluding hydrogens is 262 g/mol. The van der Waals surface area contributed by atoms with Crippen LogP contribution in [0.15, 0.2) is 48.7 Å². The van der Waals surface area contributed by atoms with E-state index in [-0.39, 0.29) is 0 Å². The zero-order chi connectivity index (χ0) is 14.8. The topological polar surface area (TPSA) is 31.4 Å². The van der Waals surface area contributed by atoms with Gasteiger partial charge in [0.25, 0.3) is 0 Å². The highest BCUT2D eigenvalue weighted by Gasteiger charge is 2.10. The van der Waals surface area contributed by atoms with E-state index in [2.05, 4.69) is 36.2 Å². The average Bonchev–Trinajstić information content (AvgIpc) is 2.53. The first-order valence-corrected chi connectivity index (χ1v) is 6.80. The van der Waals surface area contributed by atoms with Gasteiger partial charge in [0.2, 0.25) is 0 Å². The first-order valence-electron chi connectivity index (χ1n) is 6.80. The standard InChI is InChI=1S/C18H17NO2/c1-12-4-6-13(7-5-12)18-15-11-17(21-3)16(20-2)10-14(15)8-9-19-18/h4-11H,1-3H3. The molecule has 3 nitrogen and oxygen atoms in total. The molecule has 0 saturated carbocycles. The molecule has 3 heteroatoms. The van der Waals surface area contributed by atoms with Gasteiger partial charge in [-0.05, 0) is 30.5 Å². The summed E-state index contributed by atoms with van der Waals surface area (Å²) in [6, 6.07) is 14.3. The predicted molar refractivity (Wildman–Crippen MR) is 85.0 cm³/mol. The third-order valence-electron chi connectivity index (χ3n) is 3.59. The fraction of sp³-hybridized carbons (Fsp3) is 0.167. The number of ether oxygens (including phenoxy) is 2. The van der Waals surface area contributed by atoms with Gasteiger partial charge in [-0.25, -0.2) is 0 Å². The van der Waals surface area contributed by atoms with Crippen LogP contribution in [-0.4, -0.2) is 19.2 Å². The lowest BCUT2D eigenvalue weighted by molar-refractivity contribution is 0.356. The SMILES string of the molecule is COc1cc2ccnc(-c3ccc(C)cc3)c2cc1OC. The molecule has 1 heterocycles. The molecule has 0 aliphatic heterocycles. The smallest absolute Gasteiger partial charge is 0.161 e. The summed E-state index contributed by atoms with van der Waals surface area (Å²) in [6.45, 7) is 2.08. The molecule has 0 N–H and O–H groups in total. The van der Waals surface area contributed by atoms with Gasteiger partial charge in [-0.2, -0.15) is 0 Å². The van der Waals surface area contributed by atoms with Crippen LogP contribution < -0.4 is 9.47 Å². The Hall–Kier alpha value is -2.55. The van der Waals surface area contributed by atoms with E-state index in [1.165, 1.54) is 5.56 Å². The molecule has 2 aromatic carbocycles. The molecule has 0 atom stereocenters. The number of hydrogen-bond acceptors (Lipinski definition) is 3. The molecule has 0 aliphatic carbocycles. The van der Waals surface area contributed by atoms with Gasteiger partial charge in [-0.3, -0.25) is 4.98 Å². The van der Waals surface area contributed by atoms with Crippen molar-refractivity contribution in [3.05, 3.63) is 54.2 Å². The number of aryl methyl sites for hydroxylation is 1. The molecule has 0 spiro atoms. The van der Waals surface area contributed by atoms with Crippen molar-refractivity contribution in [1.82, 2.24) is 4.98 Å². The Morgan fingerprint density at radius 3 is 2.19 bits per heavy atom. The highest BCUT2D eigenvalue weighted by Crippen LogP contribution is 2.35. The summed E-state index contributed by atoms with van der Waals surface area (Å²) in [4.78, 5) is 4.54.